The lowest BCUT2D eigenvalue weighted by Gasteiger charge is -2.44. The average Bonchev–Trinajstić information content (AvgIpc) is 3.23. The molecule has 0 aromatic heterocycles. The van der Waals surface area contributed by atoms with E-state index in [4.69, 9.17) is 14.2 Å². The van der Waals surface area contributed by atoms with E-state index in [2.05, 4.69) is 25.1 Å². The van der Waals surface area contributed by atoms with Gasteiger partial charge >= 0.3 is 0 Å². The zero-order valence-electron chi connectivity index (χ0n) is 19.2. The Morgan fingerprint density at radius 1 is 1.06 bits per heavy atom. The van der Waals surface area contributed by atoms with Gasteiger partial charge in [-0.15, -0.1) is 0 Å². The number of amides is 1. The Balaban J connectivity index is 1.25. The molecule has 33 heavy (non-hydrogen) atoms. The number of nitrogens with zero attached hydrogens (tertiary/aromatic N) is 1. The summed E-state index contributed by atoms with van der Waals surface area (Å²) < 4.78 is 31.7. The van der Waals surface area contributed by atoms with E-state index in [-0.39, 0.29) is 29.2 Å². The van der Waals surface area contributed by atoms with Gasteiger partial charge in [0.05, 0.1) is 17.6 Å². The van der Waals surface area contributed by atoms with Crippen molar-refractivity contribution in [2.75, 3.05) is 32.9 Å². The Labute approximate surface area is 194 Å². The number of ether oxygens (including phenoxy) is 3. The summed E-state index contributed by atoms with van der Waals surface area (Å²) in [5.41, 5.74) is 1.47. The largest absolute Gasteiger partial charge is 0.485 e. The lowest BCUT2D eigenvalue weighted by atomic mass is 9.72. The fourth-order valence-electron chi connectivity index (χ4n) is 5.66. The van der Waals surface area contributed by atoms with Crippen molar-refractivity contribution >= 4 is 5.91 Å². The van der Waals surface area contributed by atoms with Crippen molar-refractivity contribution in [3.63, 3.8) is 0 Å². The van der Waals surface area contributed by atoms with Crippen LogP contribution >= 0.6 is 0 Å². The minimum atomic E-state index is -0.512. The second-order valence-corrected chi connectivity index (χ2v) is 9.72. The fraction of sp³-hybridized carbons (Fsp3) is 0.519. The molecule has 0 saturated carbocycles. The number of carbonyl (C=O) groups is 1. The van der Waals surface area contributed by atoms with Crippen molar-refractivity contribution in [1.82, 2.24) is 4.90 Å². The van der Waals surface area contributed by atoms with E-state index in [9.17, 15) is 9.18 Å². The molecule has 0 bridgehead atoms. The number of rotatable bonds is 4. The Morgan fingerprint density at radius 3 is 2.55 bits per heavy atom. The number of piperidine rings is 1. The summed E-state index contributed by atoms with van der Waals surface area (Å²) in [6, 6.07) is 14.8. The van der Waals surface area contributed by atoms with Gasteiger partial charge in [-0.05, 0) is 50.3 Å². The third-order valence-corrected chi connectivity index (χ3v) is 7.59. The van der Waals surface area contributed by atoms with Crippen LogP contribution in [0.2, 0.25) is 0 Å². The number of hydrogen-bond acceptors (Lipinski definition) is 4. The minimum absolute atomic E-state index is 0.168. The molecule has 0 aliphatic carbocycles. The van der Waals surface area contributed by atoms with Crippen molar-refractivity contribution in [1.29, 1.82) is 0 Å². The van der Waals surface area contributed by atoms with Gasteiger partial charge in [0.1, 0.15) is 6.10 Å². The van der Waals surface area contributed by atoms with Crippen LogP contribution in [0.25, 0.3) is 0 Å². The molecule has 2 aromatic rings. The van der Waals surface area contributed by atoms with Crippen molar-refractivity contribution in [3.8, 4) is 5.75 Å². The fourth-order valence-corrected chi connectivity index (χ4v) is 5.66. The first kappa shape index (κ1) is 22.4. The highest BCUT2D eigenvalue weighted by Crippen LogP contribution is 2.41. The maximum Gasteiger partial charge on any atom is 0.233 e. The zero-order valence-corrected chi connectivity index (χ0v) is 19.2. The number of halogens is 1. The normalized spacial score (nSPS) is 24.1. The van der Waals surface area contributed by atoms with Crippen LogP contribution in [0.15, 0.2) is 48.5 Å². The lowest BCUT2D eigenvalue weighted by Crippen LogP contribution is -2.54. The monoisotopic (exact) mass is 453 g/mol. The molecule has 5 rings (SSSR count). The smallest absolute Gasteiger partial charge is 0.233 e. The van der Waals surface area contributed by atoms with Crippen LogP contribution in [0, 0.1) is 12.7 Å². The van der Waals surface area contributed by atoms with E-state index in [1.54, 1.807) is 18.2 Å². The van der Waals surface area contributed by atoms with Crippen molar-refractivity contribution in [2.24, 2.45) is 0 Å². The van der Waals surface area contributed by atoms with Crippen LogP contribution in [-0.4, -0.2) is 55.4 Å². The summed E-state index contributed by atoms with van der Waals surface area (Å²) in [5, 5.41) is 0. The highest BCUT2D eigenvalue weighted by molar-refractivity contribution is 5.88. The van der Waals surface area contributed by atoms with Gasteiger partial charge in [-0.2, -0.15) is 0 Å². The number of para-hydroxylation sites is 1. The molecule has 1 amide bonds. The van der Waals surface area contributed by atoms with Crippen LogP contribution in [0.1, 0.15) is 43.2 Å². The van der Waals surface area contributed by atoms with Gasteiger partial charge in [0.15, 0.2) is 11.6 Å². The van der Waals surface area contributed by atoms with E-state index < -0.39 is 5.41 Å². The molecule has 6 heteroatoms. The first-order valence-electron chi connectivity index (χ1n) is 12.0. The topological polar surface area (TPSA) is 48.0 Å². The predicted molar refractivity (Wildman–Crippen MR) is 123 cm³/mol. The van der Waals surface area contributed by atoms with Gasteiger partial charge in [0.2, 0.25) is 5.91 Å². The standard InChI is InChI=1S/C27H32FNO4/c1-20-5-4-6-21(17-20)27(11-15-31-16-12-27)25(30)29-13-9-26(10-14-29)18-22(19-32-26)33-24-8-3-2-7-23(24)28/h2-8,17,22H,9-16,18-19H2,1H3/t22-/m0/s1. The quantitative estimate of drug-likeness (QED) is 0.688. The molecular formula is C27H32FNO4. The highest BCUT2D eigenvalue weighted by atomic mass is 19.1. The van der Waals surface area contributed by atoms with Crippen LogP contribution in [-0.2, 0) is 19.7 Å². The Morgan fingerprint density at radius 2 is 1.82 bits per heavy atom. The van der Waals surface area contributed by atoms with Crippen LogP contribution < -0.4 is 4.74 Å². The average molecular weight is 454 g/mol. The van der Waals surface area contributed by atoms with Crippen LogP contribution in [0.5, 0.6) is 5.75 Å². The van der Waals surface area contributed by atoms with Crippen molar-refractivity contribution in [3.05, 3.63) is 65.5 Å². The number of hydrogen-bond donors (Lipinski definition) is 0. The highest BCUT2D eigenvalue weighted by Gasteiger charge is 2.48. The molecular weight excluding hydrogens is 421 g/mol. The Kier molecular flexibility index (Phi) is 6.14. The Bertz CT molecular complexity index is 995. The van der Waals surface area contributed by atoms with Gasteiger partial charge in [-0.25, -0.2) is 4.39 Å². The van der Waals surface area contributed by atoms with E-state index in [1.807, 2.05) is 11.0 Å². The van der Waals surface area contributed by atoms with Gasteiger partial charge in [0, 0.05) is 32.7 Å². The maximum atomic E-state index is 14.0. The van der Waals surface area contributed by atoms with Crippen molar-refractivity contribution < 1.29 is 23.4 Å². The van der Waals surface area contributed by atoms with E-state index in [1.165, 1.54) is 11.6 Å². The molecule has 1 atom stereocenters. The molecule has 1 spiro atoms. The third kappa shape index (κ3) is 4.38. The van der Waals surface area contributed by atoms with Crippen LogP contribution in [0.4, 0.5) is 4.39 Å². The summed E-state index contributed by atoms with van der Waals surface area (Å²) in [6.45, 7) is 5.07. The van der Waals surface area contributed by atoms with E-state index >= 15 is 0 Å². The molecule has 3 saturated heterocycles. The maximum absolute atomic E-state index is 14.0. The number of aryl methyl sites for hydroxylation is 1. The molecule has 3 heterocycles. The molecule has 3 fully saturated rings. The molecule has 2 aromatic carbocycles. The minimum Gasteiger partial charge on any atom is -0.485 e. The first-order valence-corrected chi connectivity index (χ1v) is 12.0. The van der Waals surface area contributed by atoms with Crippen LogP contribution in [0.3, 0.4) is 0 Å². The van der Waals surface area contributed by atoms with Gasteiger partial charge in [-0.1, -0.05) is 42.0 Å². The summed E-state index contributed by atoms with van der Waals surface area (Å²) in [4.78, 5) is 15.9. The lowest BCUT2D eigenvalue weighted by molar-refractivity contribution is -0.146. The summed E-state index contributed by atoms with van der Waals surface area (Å²) in [7, 11) is 0. The molecule has 3 aliphatic heterocycles. The van der Waals surface area contributed by atoms with Gasteiger partial charge < -0.3 is 19.1 Å². The van der Waals surface area contributed by atoms with Gasteiger partial charge in [0.25, 0.3) is 0 Å². The molecule has 0 unspecified atom stereocenters. The zero-order chi connectivity index (χ0) is 22.9. The second-order valence-electron chi connectivity index (χ2n) is 9.72. The molecule has 0 N–H and O–H groups in total. The molecule has 0 radical (unpaired) electrons. The Hall–Kier alpha value is -2.44. The third-order valence-electron chi connectivity index (χ3n) is 7.59. The molecule has 5 nitrogen and oxygen atoms in total. The second kappa shape index (κ2) is 9.07. The van der Waals surface area contributed by atoms with Crippen molar-refractivity contribution in [2.45, 2.75) is 56.1 Å². The number of benzene rings is 2. The summed E-state index contributed by atoms with van der Waals surface area (Å²) in [6.07, 6.45) is 3.53. The van der Waals surface area contributed by atoms with E-state index in [0.29, 0.717) is 45.8 Å². The molecule has 176 valence electrons. The summed E-state index contributed by atoms with van der Waals surface area (Å²) >= 11 is 0. The first-order chi connectivity index (χ1) is 16.0. The SMILES string of the molecule is Cc1cccc(C2(C(=O)N3CCC4(CC3)C[C@H](Oc3ccccc3F)CO4)CCOCC2)c1. The number of carbonyl (C=O) groups excluding carboxylic acids is 1. The predicted octanol–water partition coefficient (Wildman–Crippen LogP) is 4.41. The summed E-state index contributed by atoms with van der Waals surface area (Å²) in [5.74, 6) is 0.135. The van der Waals surface area contributed by atoms with E-state index in [0.717, 1.165) is 24.8 Å². The molecule has 3 aliphatic rings. The van der Waals surface area contributed by atoms with Gasteiger partial charge in [-0.3, -0.25) is 4.79 Å². The number of likely N-dealkylation sites (tertiary alicyclic amines) is 1.